The molecule has 5 nitrogen and oxygen atoms in total. The van der Waals surface area contributed by atoms with Gasteiger partial charge in [0, 0.05) is 11.7 Å². The average molecular weight is 222 g/mol. The summed E-state index contributed by atoms with van der Waals surface area (Å²) in [5, 5.41) is 11.8. The van der Waals surface area contributed by atoms with Crippen molar-refractivity contribution in [3.8, 4) is 5.75 Å². The van der Waals surface area contributed by atoms with Crippen LogP contribution in [0.5, 0.6) is 5.75 Å². The molecule has 1 aromatic carbocycles. The van der Waals surface area contributed by atoms with Crippen molar-refractivity contribution in [2.45, 2.75) is 6.04 Å². The molecule has 1 aromatic rings. The van der Waals surface area contributed by atoms with Gasteiger partial charge in [0.1, 0.15) is 5.75 Å². The van der Waals surface area contributed by atoms with Crippen LogP contribution in [0.4, 0.5) is 5.69 Å². The van der Waals surface area contributed by atoms with Crippen LogP contribution in [0.15, 0.2) is 24.3 Å². The molecule has 2 rings (SSSR count). The van der Waals surface area contributed by atoms with Gasteiger partial charge in [-0.25, -0.2) is 0 Å². The number of carbonyl (C=O) groups is 1. The number of aromatic hydroxyl groups is 1. The number of ether oxygens (including phenoxy) is 1. The smallest absolute Gasteiger partial charge is 0.231 e. The van der Waals surface area contributed by atoms with Crippen molar-refractivity contribution in [1.29, 1.82) is 0 Å². The summed E-state index contributed by atoms with van der Waals surface area (Å²) in [5.74, 6) is -0.275. The number of hydrogen-bond acceptors (Lipinski definition) is 4. The van der Waals surface area contributed by atoms with Crippen LogP contribution in [0.3, 0.4) is 0 Å². The maximum atomic E-state index is 11.8. The lowest BCUT2D eigenvalue weighted by atomic mass is 10.0. The van der Waals surface area contributed by atoms with Crippen LogP contribution in [0, 0.1) is 5.92 Å². The Balaban J connectivity index is 1.99. The molecule has 0 bridgehead atoms. The Kier molecular flexibility index (Phi) is 3.07. The molecule has 4 N–H and O–H groups in total. The van der Waals surface area contributed by atoms with Crippen molar-refractivity contribution >= 4 is 11.6 Å². The highest BCUT2D eigenvalue weighted by Gasteiger charge is 2.31. The van der Waals surface area contributed by atoms with Crippen LogP contribution in [0.1, 0.15) is 0 Å². The van der Waals surface area contributed by atoms with E-state index in [1.54, 1.807) is 12.1 Å². The topological polar surface area (TPSA) is 84.6 Å². The van der Waals surface area contributed by atoms with Crippen molar-refractivity contribution in [2.24, 2.45) is 11.7 Å². The van der Waals surface area contributed by atoms with E-state index in [2.05, 4.69) is 5.32 Å². The number of phenols is 1. The van der Waals surface area contributed by atoms with E-state index in [9.17, 15) is 4.79 Å². The van der Waals surface area contributed by atoms with Crippen molar-refractivity contribution < 1.29 is 14.6 Å². The highest BCUT2D eigenvalue weighted by Crippen LogP contribution is 2.17. The first-order valence-electron chi connectivity index (χ1n) is 5.10. The highest BCUT2D eigenvalue weighted by atomic mass is 16.5. The van der Waals surface area contributed by atoms with Gasteiger partial charge in [0.25, 0.3) is 0 Å². The zero-order chi connectivity index (χ0) is 11.5. The Bertz CT molecular complexity index is 377. The van der Waals surface area contributed by atoms with Crippen molar-refractivity contribution in [2.75, 3.05) is 18.5 Å². The van der Waals surface area contributed by atoms with E-state index in [-0.39, 0.29) is 23.6 Å². The summed E-state index contributed by atoms with van der Waals surface area (Å²) in [4.78, 5) is 11.8. The fraction of sp³-hybridized carbons (Fsp3) is 0.364. The lowest BCUT2D eigenvalue weighted by molar-refractivity contribution is -0.120. The summed E-state index contributed by atoms with van der Waals surface area (Å²) in [7, 11) is 0. The highest BCUT2D eigenvalue weighted by molar-refractivity contribution is 5.93. The Morgan fingerprint density at radius 3 is 2.62 bits per heavy atom. The van der Waals surface area contributed by atoms with Crippen LogP contribution in [0.2, 0.25) is 0 Å². The molecule has 16 heavy (non-hydrogen) atoms. The van der Waals surface area contributed by atoms with Crippen LogP contribution in [0.25, 0.3) is 0 Å². The molecule has 0 aliphatic carbocycles. The molecule has 1 aliphatic rings. The van der Waals surface area contributed by atoms with Gasteiger partial charge in [0.15, 0.2) is 0 Å². The Morgan fingerprint density at radius 1 is 1.38 bits per heavy atom. The minimum Gasteiger partial charge on any atom is -0.508 e. The number of amides is 1. The molecule has 86 valence electrons. The second kappa shape index (κ2) is 4.51. The van der Waals surface area contributed by atoms with Crippen LogP contribution in [-0.4, -0.2) is 30.3 Å². The fourth-order valence-electron chi connectivity index (χ4n) is 1.62. The van der Waals surface area contributed by atoms with Gasteiger partial charge in [-0.2, -0.15) is 0 Å². The Labute approximate surface area is 93.2 Å². The molecular formula is C11H14N2O3. The quantitative estimate of drug-likeness (QED) is 0.628. The van der Waals surface area contributed by atoms with Gasteiger partial charge in [0.05, 0.1) is 19.1 Å². The summed E-state index contributed by atoms with van der Waals surface area (Å²) in [6, 6.07) is 6.06. The first-order valence-corrected chi connectivity index (χ1v) is 5.10. The van der Waals surface area contributed by atoms with Crippen molar-refractivity contribution in [3.63, 3.8) is 0 Å². The third-order valence-electron chi connectivity index (χ3n) is 2.60. The van der Waals surface area contributed by atoms with Crippen molar-refractivity contribution in [1.82, 2.24) is 0 Å². The summed E-state index contributed by atoms with van der Waals surface area (Å²) in [6.45, 7) is 0.790. The number of benzene rings is 1. The Hall–Kier alpha value is -1.59. The van der Waals surface area contributed by atoms with Crippen LogP contribution < -0.4 is 11.1 Å². The Morgan fingerprint density at radius 2 is 2.06 bits per heavy atom. The minimum atomic E-state index is -0.297. The molecule has 1 saturated heterocycles. The summed E-state index contributed by atoms with van der Waals surface area (Å²) < 4.78 is 5.12. The predicted octanol–water partition coefficient (Wildman–Crippen LogP) is 0.304. The third kappa shape index (κ3) is 2.32. The van der Waals surface area contributed by atoms with E-state index in [4.69, 9.17) is 15.6 Å². The van der Waals surface area contributed by atoms with E-state index < -0.39 is 0 Å². The first kappa shape index (κ1) is 10.9. The van der Waals surface area contributed by atoms with Crippen molar-refractivity contribution in [3.05, 3.63) is 24.3 Å². The minimum absolute atomic E-state index is 0.143. The molecule has 1 fully saturated rings. The lowest BCUT2D eigenvalue weighted by Crippen LogP contribution is -2.37. The van der Waals surface area contributed by atoms with Crippen LogP contribution >= 0.6 is 0 Å². The van der Waals surface area contributed by atoms with Gasteiger partial charge in [-0.1, -0.05) is 0 Å². The van der Waals surface area contributed by atoms with E-state index in [0.29, 0.717) is 18.9 Å². The van der Waals surface area contributed by atoms with Gasteiger partial charge < -0.3 is 20.9 Å². The third-order valence-corrected chi connectivity index (χ3v) is 2.60. The molecule has 2 atom stereocenters. The molecule has 1 amide bonds. The number of rotatable bonds is 2. The number of phenolic OH excluding ortho intramolecular Hbond substituents is 1. The van der Waals surface area contributed by atoms with E-state index in [0.717, 1.165) is 0 Å². The number of anilines is 1. The van der Waals surface area contributed by atoms with Crippen LogP contribution in [-0.2, 0) is 9.53 Å². The second-order valence-corrected chi connectivity index (χ2v) is 3.84. The second-order valence-electron chi connectivity index (χ2n) is 3.84. The van der Waals surface area contributed by atoms with Gasteiger partial charge in [-0.15, -0.1) is 0 Å². The van der Waals surface area contributed by atoms with Gasteiger partial charge in [0.2, 0.25) is 5.91 Å². The summed E-state index contributed by atoms with van der Waals surface area (Å²) in [5.41, 5.74) is 6.37. The largest absolute Gasteiger partial charge is 0.508 e. The summed E-state index contributed by atoms with van der Waals surface area (Å²) >= 11 is 0. The fourth-order valence-corrected chi connectivity index (χ4v) is 1.62. The molecule has 0 spiro atoms. The zero-order valence-electron chi connectivity index (χ0n) is 8.72. The number of nitrogens with one attached hydrogen (secondary N) is 1. The molecule has 0 saturated carbocycles. The number of hydrogen-bond donors (Lipinski definition) is 3. The molecule has 2 unspecified atom stereocenters. The zero-order valence-corrected chi connectivity index (χ0v) is 8.72. The van der Waals surface area contributed by atoms with E-state index >= 15 is 0 Å². The van der Waals surface area contributed by atoms with Gasteiger partial charge in [-0.05, 0) is 24.3 Å². The predicted molar refractivity (Wildman–Crippen MR) is 59.0 cm³/mol. The summed E-state index contributed by atoms with van der Waals surface area (Å²) in [6.07, 6.45) is 0. The van der Waals surface area contributed by atoms with E-state index in [1.807, 2.05) is 0 Å². The maximum Gasteiger partial charge on any atom is 0.231 e. The van der Waals surface area contributed by atoms with Gasteiger partial charge >= 0.3 is 0 Å². The lowest BCUT2D eigenvalue weighted by Gasteiger charge is -2.13. The molecule has 5 heteroatoms. The maximum absolute atomic E-state index is 11.8. The molecule has 0 radical (unpaired) electrons. The molecule has 0 aromatic heterocycles. The molecule has 1 aliphatic heterocycles. The first-order chi connectivity index (χ1) is 7.66. The number of nitrogens with two attached hydrogens (primary N) is 1. The standard InChI is InChI=1S/C11H14N2O3/c12-10-6-16-5-9(10)11(15)13-7-1-3-8(14)4-2-7/h1-4,9-10,14H,5-6,12H2,(H,13,15). The average Bonchev–Trinajstić information content (AvgIpc) is 2.68. The molecular weight excluding hydrogens is 208 g/mol. The van der Waals surface area contributed by atoms with E-state index in [1.165, 1.54) is 12.1 Å². The number of carbonyl (C=O) groups excluding carboxylic acids is 1. The SMILES string of the molecule is NC1COCC1C(=O)Nc1ccc(O)cc1. The normalized spacial score (nSPS) is 24.3. The molecule has 1 heterocycles. The monoisotopic (exact) mass is 222 g/mol. The van der Waals surface area contributed by atoms with Gasteiger partial charge in [-0.3, -0.25) is 4.79 Å².